The summed E-state index contributed by atoms with van der Waals surface area (Å²) in [4.78, 5) is 21.6. The van der Waals surface area contributed by atoms with Crippen LogP contribution in [0.25, 0.3) is 45.0 Å². The summed E-state index contributed by atoms with van der Waals surface area (Å²) in [5.41, 5.74) is 7.73. The fourth-order valence-electron chi connectivity index (χ4n) is 7.59. The van der Waals surface area contributed by atoms with E-state index in [1.165, 1.54) is 5.56 Å². The molecule has 1 amide bonds. The second-order valence-corrected chi connectivity index (χ2v) is 13.2. The molecule has 1 aliphatic carbocycles. The first kappa shape index (κ1) is 31.4. The summed E-state index contributed by atoms with van der Waals surface area (Å²) < 4.78 is 0. The van der Waals surface area contributed by atoms with E-state index in [9.17, 15) is 4.79 Å². The minimum Gasteiger partial charge on any atom is -0.294 e. The Hall–Kier alpha value is -5.84. The van der Waals surface area contributed by atoms with Crippen LogP contribution in [0.3, 0.4) is 0 Å². The molecule has 1 spiro atoms. The molecule has 2 aromatic heterocycles. The fourth-order valence-corrected chi connectivity index (χ4v) is 7.59. The molecule has 8 rings (SSSR count). The van der Waals surface area contributed by atoms with E-state index >= 15 is 0 Å². The summed E-state index contributed by atoms with van der Waals surface area (Å²) in [7, 11) is 0. The highest BCUT2D eigenvalue weighted by molar-refractivity contribution is 6.09. The van der Waals surface area contributed by atoms with Crippen molar-refractivity contribution in [3.63, 3.8) is 0 Å². The van der Waals surface area contributed by atoms with E-state index in [2.05, 4.69) is 109 Å². The molecule has 1 saturated carbocycles. The number of rotatable bonds is 11. The molecule has 0 radical (unpaired) electrons. The van der Waals surface area contributed by atoms with Crippen molar-refractivity contribution in [2.75, 3.05) is 0 Å². The number of carbonyl (C=O) groups is 1. The predicted octanol–water partition coefficient (Wildman–Crippen LogP) is 7.09. The molecule has 6 aromatic rings. The van der Waals surface area contributed by atoms with Gasteiger partial charge in [0.05, 0.1) is 6.54 Å². The first-order valence-corrected chi connectivity index (χ1v) is 17.4. The van der Waals surface area contributed by atoms with Crippen molar-refractivity contribution in [2.24, 2.45) is 10.9 Å². The van der Waals surface area contributed by atoms with Crippen molar-refractivity contribution in [2.45, 2.75) is 64.0 Å². The third-order valence-electron chi connectivity index (χ3n) is 10.1. The number of H-pyrrole nitrogens is 2. The van der Waals surface area contributed by atoms with E-state index in [1.807, 2.05) is 41.3 Å². The van der Waals surface area contributed by atoms with Crippen molar-refractivity contribution in [3.8, 4) is 45.0 Å². The highest BCUT2D eigenvalue weighted by atomic mass is 16.2. The zero-order valence-electron chi connectivity index (χ0n) is 28.0. The highest BCUT2D eigenvalue weighted by Crippen LogP contribution is 2.42. The number of aromatic nitrogens is 8. The Kier molecular flexibility index (Phi) is 8.54. The Balaban J connectivity index is 1.05. The van der Waals surface area contributed by atoms with Crippen LogP contribution in [-0.4, -0.2) is 63.4 Å². The molecule has 2 N–H and O–H groups in total. The smallest absolute Gasteiger partial charge is 0.256 e. The number of hydrogen-bond acceptors (Lipinski definition) is 8. The third kappa shape index (κ3) is 5.99. The molecule has 0 saturated heterocycles. The van der Waals surface area contributed by atoms with Crippen LogP contribution in [0.2, 0.25) is 0 Å². The van der Waals surface area contributed by atoms with Gasteiger partial charge in [0, 0.05) is 17.0 Å². The zero-order chi connectivity index (χ0) is 33.9. The number of nitrogens with zero attached hydrogens (tertiary/aromatic N) is 8. The Bertz CT molecular complexity index is 2100. The molecule has 1 atom stereocenters. The largest absolute Gasteiger partial charge is 0.294 e. The molecule has 0 unspecified atom stereocenters. The summed E-state index contributed by atoms with van der Waals surface area (Å²) in [6.07, 6.45) is 6.49. The molecule has 11 heteroatoms. The summed E-state index contributed by atoms with van der Waals surface area (Å²) in [6.45, 7) is 2.71. The van der Waals surface area contributed by atoms with Gasteiger partial charge in [-0.2, -0.15) is 10.4 Å². The fraction of sp³-hybridized carbons (Fsp3) is 0.282. The van der Waals surface area contributed by atoms with Crippen LogP contribution in [0, 0.1) is 5.92 Å². The zero-order valence-corrected chi connectivity index (χ0v) is 28.0. The summed E-state index contributed by atoms with van der Waals surface area (Å²) >= 11 is 0. The molecular formula is C39H38N10O. The van der Waals surface area contributed by atoms with Gasteiger partial charge >= 0.3 is 0 Å². The molecule has 50 heavy (non-hydrogen) atoms. The van der Waals surface area contributed by atoms with E-state index in [0.717, 1.165) is 89.7 Å². The number of aromatic amines is 2. The number of amidine groups is 1. The Labute approximate surface area is 290 Å². The SMILES string of the molecule is CCC[C@H](Cc1ccc(-c2ccccc2-c2nn[nH]n2)cc1)C1=NC2(CCCC2)C(=O)N1Cc1ccc(-c2ccccc2-c2nn[nH]n2)cc1. The van der Waals surface area contributed by atoms with Crippen LogP contribution >= 0.6 is 0 Å². The van der Waals surface area contributed by atoms with Crippen LogP contribution in [0.15, 0.2) is 102 Å². The predicted molar refractivity (Wildman–Crippen MR) is 191 cm³/mol. The molecule has 2 aliphatic rings. The van der Waals surface area contributed by atoms with E-state index < -0.39 is 5.54 Å². The number of benzene rings is 4. The third-order valence-corrected chi connectivity index (χ3v) is 10.1. The number of hydrogen-bond donors (Lipinski definition) is 2. The van der Waals surface area contributed by atoms with Crippen molar-refractivity contribution < 1.29 is 4.79 Å². The molecule has 1 fully saturated rings. The summed E-state index contributed by atoms with van der Waals surface area (Å²) in [5, 5.41) is 29.4. The maximum absolute atomic E-state index is 14.3. The monoisotopic (exact) mass is 662 g/mol. The van der Waals surface area contributed by atoms with Crippen LogP contribution in [0.1, 0.15) is 56.6 Å². The minimum atomic E-state index is -0.618. The maximum atomic E-state index is 14.3. The molecule has 4 aromatic carbocycles. The van der Waals surface area contributed by atoms with Gasteiger partial charge in [-0.3, -0.25) is 14.7 Å². The topological polar surface area (TPSA) is 142 Å². The number of carbonyl (C=O) groups excluding carboxylic acids is 1. The summed E-state index contributed by atoms with van der Waals surface area (Å²) in [6, 6.07) is 33.3. The van der Waals surface area contributed by atoms with Gasteiger partial charge in [-0.05, 0) is 69.5 Å². The number of tetrazole rings is 2. The van der Waals surface area contributed by atoms with Gasteiger partial charge in [-0.15, -0.1) is 20.4 Å². The molecule has 1 aliphatic heterocycles. The molecule has 3 heterocycles. The van der Waals surface area contributed by atoms with Crippen molar-refractivity contribution in [1.29, 1.82) is 0 Å². The lowest BCUT2D eigenvalue weighted by molar-refractivity contribution is -0.131. The van der Waals surface area contributed by atoms with E-state index in [-0.39, 0.29) is 11.8 Å². The van der Waals surface area contributed by atoms with Crippen LogP contribution in [0.5, 0.6) is 0 Å². The quantitative estimate of drug-likeness (QED) is 0.151. The average Bonchev–Trinajstić information content (AvgIpc) is 4.00. The average molecular weight is 663 g/mol. The van der Waals surface area contributed by atoms with Gasteiger partial charge in [-0.25, -0.2) is 0 Å². The van der Waals surface area contributed by atoms with Crippen molar-refractivity contribution in [3.05, 3.63) is 108 Å². The molecular weight excluding hydrogens is 624 g/mol. The van der Waals surface area contributed by atoms with Crippen molar-refractivity contribution >= 4 is 11.7 Å². The lowest BCUT2D eigenvalue weighted by Crippen LogP contribution is -2.42. The second-order valence-electron chi connectivity index (χ2n) is 13.2. The first-order chi connectivity index (χ1) is 24.6. The highest BCUT2D eigenvalue weighted by Gasteiger charge is 2.50. The van der Waals surface area contributed by atoms with Crippen molar-refractivity contribution in [1.82, 2.24) is 46.1 Å². The molecule has 11 nitrogen and oxygen atoms in total. The standard InChI is InChI=1S/C39H38N10O/c1-2-9-30(24-26-14-18-28(19-15-26)31-10-3-5-12-33(31)35-41-45-46-42-35)37-40-39(22-7-8-23-39)38(50)49(37)25-27-16-20-29(21-17-27)32-11-4-6-13-34(32)36-43-47-48-44-36/h3-6,10-21,30H,2,7-9,22-25H2,1H3,(H,41,42,45,46)(H,43,44,47,48)/t30-/m1/s1. The molecule has 250 valence electrons. The van der Waals surface area contributed by atoms with Gasteiger partial charge in [0.25, 0.3) is 5.91 Å². The Morgan fingerprint density at radius 3 is 1.72 bits per heavy atom. The number of aliphatic imine (C=N–C) groups is 1. The second kappa shape index (κ2) is 13.6. The number of amides is 1. The minimum absolute atomic E-state index is 0.127. The van der Waals surface area contributed by atoms with Gasteiger partial charge in [0.1, 0.15) is 11.4 Å². The van der Waals surface area contributed by atoms with Crippen LogP contribution < -0.4 is 0 Å². The van der Waals surface area contributed by atoms with Gasteiger partial charge < -0.3 is 0 Å². The molecule has 0 bridgehead atoms. The van der Waals surface area contributed by atoms with Crippen LogP contribution in [0.4, 0.5) is 0 Å². The van der Waals surface area contributed by atoms with E-state index in [0.29, 0.717) is 18.2 Å². The van der Waals surface area contributed by atoms with Gasteiger partial charge in [0.2, 0.25) is 11.6 Å². The van der Waals surface area contributed by atoms with Crippen LogP contribution in [-0.2, 0) is 17.8 Å². The maximum Gasteiger partial charge on any atom is 0.256 e. The van der Waals surface area contributed by atoms with Gasteiger partial charge in [-0.1, -0.05) is 123 Å². The summed E-state index contributed by atoms with van der Waals surface area (Å²) in [5.74, 6) is 2.35. The van der Waals surface area contributed by atoms with Gasteiger partial charge in [0.15, 0.2) is 0 Å². The Morgan fingerprint density at radius 1 is 0.700 bits per heavy atom. The normalized spacial score (nSPS) is 15.9. The van der Waals surface area contributed by atoms with E-state index in [4.69, 9.17) is 4.99 Å². The lowest BCUT2D eigenvalue weighted by atomic mass is 9.91. The number of nitrogens with one attached hydrogen (secondary N) is 2. The Morgan fingerprint density at radius 2 is 1.22 bits per heavy atom. The lowest BCUT2D eigenvalue weighted by Gasteiger charge is -2.26. The first-order valence-electron chi connectivity index (χ1n) is 17.4. The van der Waals surface area contributed by atoms with E-state index in [1.54, 1.807) is 0 Å².